The molecule has 0 unspecified atom stereocenters. The third-order valence-electron chi connectivity index (χ3n) is 2.30. The predicted octanol–water partition coefficient (Wildman–Crippen LogP) is 1.85. The molecular weight excluding hydrogens is 220 g/mol. The lowest BCUT2D eigenvalue weighted by molar-refractivity contribution is -0.139. The zero-order chi connectivity index (χ0) is 13.4. The molecule has 0 fully saturated rings. The summed E-state index contributed by atoms with van der Waals surface area (Å²) in [4.78, 5) is 24.3. The quantitative estimate of drug-likeness (QED) is 0.669. The van der Waals surface area contributed by atoms with Gasteiger partial charge >= 0.3 is 12.0 Å². The van der Waals surface area contributed by atoms with Gasteiger partial charge in [-0.05, 0) is 20.3 Å². The van der Waals surface area contributed by atoms with Gasteiger partial charge in [0.15, 0.2) is 0 Å². The number of nitrogens with one attached hydrogen (secondary N) is 1. The van der Waals surface area contributed by atoms with E-state index in [1.54, 1.807) is 0 Å². The Hall–Kier alpha value is -1.52. The van der Waals surface area contributed by atoms with Crippen LogP contribution in [0.3, 0.4) is 0 Å². The van der Waals surface area contributed by atoms with Crippen LogP contribution in [-0.4, -0.2) is 41.1 Å². The third kappa shape index (κ3) is 5.94. The van der Waals surface area contributed by atoms with E-state index >= 15 is 0 Å². The van der Waals surface area contributed by atoms with Gasteiger partial charge in [-0.2, -0.15) is 0 Å². The normalized spacial score (nSPS) is 11.7. The lowest BCUT2D eigenvalue weighted by atomic mass is 10.2. The summed E-state index contributed by atoms with van der Waals surface area (Å²) in [6.45, 7) is 10.3. The first-order chi connectivity index (χ1) is 7.92. The van der Waals surface area contributed by atoms with E-state index < -0.39 is 12.0 Å². The molecule has 5 heteroatoms. The highest BCUT2D eigenvalue weighted by Crippen LogP contribution is 2.01. The van der Waals surface area contributed by atoms with E-state index in [2.05, 4.69) is 11.9 Å². The van der Waals surface area contributed by atoms with Gasteiger partial charge in [0.1, 0.15) is 6.04 Å². The van der Waals surface area contributed by atoms with Crippen molar-refractivity contribution < 1.29 is 14.7 Å². The topological polar surface area (TPSA) is 69.6 Å². The average molecular weight is 242 g/mol. The van der Waals surface area contributed by atoms with E-state index in [0.717, 1.165) is 5.57 Å². The second-order valence-corrected chi connectivity index (χ2v) is 4.10. The molecular formula is C12H22N2O3. The largest absolute Gasteiger partial charge is 0.480 e. The number of urea groups is 1. The second-order valence-electron chi connectivity index (χ2n) is 4.10. The summed E-state index contributed by atoms with van der Waals surface area (Å²) in [5.41, 5.74) is 0.865. The molecule has 0 aromatic carbocycles. The SMILES string of the molecule is C=C(C)CN(CC)C(=O)N[C@@H](CCC)C(=O)O. The van der Waals surface area contributed by atoms with E-state index in [-0.39, 0.29) is 6.03 Å². The maximum Gasteiger partial charge on any atom is 0.326 e. The van der Waals surface area contributed by atoms with Crippen LogP contribution in [0.2, 0.25) is 0 Å². The molecule has 0 aromatic heterocycles. The molecule has 0 aliphatic heterocycles. The van der Waals surface area contributed by atoms with Crippen molar-refractivity contribution in [1.29, 1.82) is 0 Å². The number of hydrogen-bond acceptors (Lipinski definition) is 2. The standard InChI is InChI=1S/C12H22N2O3/c1-5-7-10(11(15)16)13-12(17)14(6-2)8-9(3)4/h10H,3,5-8H2,1-2,4H3,(H,13,17)(H,15,16)/t10-/m0/s1. The summed E-state index contributed by atoms with van der Waals surface area (Å²) in [6, 6.07) is -1.16. The van der Waals surface area contributed by atoms with Gasteiger partial charge < -0.3 is 15.3 Å². The average Bonchev–Trinajstić information content (AvgIpc) is 2.24. The number of carboxylic acids is 1. The predicted molar refractivity (Wildman–Crippen MR) is 66.9 cm³/mol. The number of hydrogen-bond donors (Lipinski definition) is 2. The van der Waals surface area contributed by atoms with Crippen LogP contribution in [0.25, 0.3) is 0 Å². The smallest absolute Gasteiger partial charge is 0.326 e. The van der Waals surface area contributed by atoms with Crippen molar-refractivity contribution >= 4 is 12.0 Å². The number of carboxylic acid groups (broad SMARTS) is 1. The highest BCUT2D eigenvalue weighted by atomic mass is 16.4. The number of aliphatic carboxylic acids is 1. The molecule has 1 atom stereocenters. The highest BCUT2D eigenvalue weighted by Gasteiger charge is 2.21. The summed E-state index contributed by atoms with van der Waals surface area (Å²) in [7, 11) is 0. The second kappa shape index (κ2) is 7.70. The molecule has 2 amide bonds. The summed E-state index contributed by atoms with van der Waals surface area (Å²) >= 11 is 0. The first-order valence-electron chi connectivity index (χ1n) is 5.84. The number of amides is 2. The number of rotatable bonds is 7. The minimum Gasteiger partial charge on any atom is -0.480 e. The summed E-state index contributed by atoms with van der Waals surface area (Å²) in [6.07, 6.45) is 1.15. The molecule has 0 heterocycles. The van der Waals surface area contributed by atoms with E-state index in [4.69, 9.17) is 5.11 Å². The molecule has 2 N–H and O–H groups in total. The molecule has 0 spiro atoms. The van der Waals surface area contributed by atoms with Gasteiger partial charge in [-0.3, -0.25) is 0 Å². The van der Waals surface area contributed by atoms with Gasteiger partial charge in [-0.25, -0.2) is 9.59 Å². The van der Waals surface area contributed by atoms with Crippen LogP contribution in [0.4, 0.5) is 4.79 Å². The Kier molecular flexibility index (Phi) is 7.02. The maximum atomic E-state index is 11.8. The van der Waals surface area contributed by atoms with Crippen molar-refractivity contribution in [2.75, 3.05) is 13.1 Å². The van der Waals surface area contributed by atoms with Crippen molar-refractivity contribution in [3.8, 4) is 0 Å². The molecule has 0 saturated heterocycles. The molecule has 0 saturated carbocycles. The first kappa shape index (κ1) is 15.5. The third-order valence-corrected chi connectivity index (χ3v) is 2.30. The van der Waals surface area contributed by atoms with E-state index in [9.17, 15) is 9.59 Å². The van der Waals surface area contributed by atoms with Crippen molar-refractivity contribution in [3.63, 3.8) is 0 Å². The van der Waals surface area contributed by atoms with Crippen LogP contribution >= 0.6 is 0 Å². The minimum atomic E-state index is -0.994. The molecule has 98 valence electrons. The summed E-state index contributed by atoms with van der Waals surface area (Å²) < 4.78 is 0. The number of carbonyl (C=O) groups excluding carboxylic acids is 1. The van der Waals surface area contributed by atoms with E-state index in [1.807, 2.05) is 20.8 Å². The van der Waals surface area contributed by atoms with Crippen LogP contribution in [0, 0.1) is 0 Å². The molecule has 0 radical (unpaired) electrons. The summed E-state index contributed by atoms with van der Waals surface area (Å²) in [5, 5.41) is 11.5. The Balaban J connectivity index is 4.45. The van der Waals surface area contributed by atoms with Crippen LogP contribution in [0.15, 0.2) is 12.2 Å². The minimum absolute atomic E-state index is 0.351. The lowest BCUT2D eigenvalue weighted by Gasteiger charge is -2.23. The lowest BCUT2D eigenvalue weighted by Crippen LogP contribution is -2.48. The fraction of sp³-hybridized carbons (Fsp3) is 0.667. The van der Waals surface area contributed by atoms with Crippen molar-refractivity contribution in [3.05, 3.63) is 12.2 Å². The molecule has 5 nitrogen and oxygen atoms in total. The number of nitrogens with zero attached hydrogens (tertiary/aromatic N) is 1. The van der Waals surface area contributed by atoms with Gasteiger partial charge in [-0.1, -0.05) is 25.5 Å². The zero-order valence-corrected chi connectivity index (χ0v) is 10.8. The number of likely N-dealkylation sites (N-methyl/N-ethyl adjacent to an activating group) is 1. The monoisotopic (exact) mass is 242 g/mol. The van der Waals surface area contributed by atoms with Gasteiger partial charge in [0.05, 0.1) is 0 Å². The Morgan fingerprint density at radius 2 is 2.00 bits per heavy atom. The van der Waals surface area contributed by atoms with Gasteiger partial charge in [0.25, 0.3) is 0 Å². The van der Waals surface area contributed by atoms with Crippen molar-refractivity contribution in [2.24, 2.45) is 0 Å². The van der Waals surface area contributed by atoms with Gasteiger partial charge in [0, 0.05) is 13.1 Å². The maximum absolute atomic E-state index is 11.8. The Morgan fingerprint density at radius 3 is 2.35 bits per heavy atom. The van der Waals surface area contributed by atoms with Gasteiger partial charge in [-0.15, -0.1) is 0 Å². The van der Waals surface area contributed by atoms with Crippen molar-refractivity contribution in [1.82, 2.24) is 10.2 Å². The van der Waals surface area contributed by atoms with Crippen LogP contribution in [-0.2, 0) is 4.79 Å². The van der Waals surface area contributed by atoms with Crippen molar-refractivity contribution in [2.45, 2.75) is 39.7 Å². The molecule has 0 aliphatic rings. The Bertz CT molecular complexity index is 289. The van der Waals surface area contributed by atoms with Crippen LogP contribution < -0.4 is 5.32 Å². The summed E-state index contributed by atoms with van der Waals surface area (Å²) in [5.74, 6) is -0.994. The Morgan fingerprint density at radius 1 is 1.41 bits per heavy atom. The Labute approximate surface area is 102 Å². The molecule has 17 heavy (non-hydrogen) atoms. The molecule has 0 aromatic rings. The molecule has 0 rings (SSSR count). The molecule has 0 bridgehead atoms. The van der Waals surface area contributed by atoms with E-state index in [0.29, 0.717) is 25.9 Å². The first-order valence-corrected chi connectivity index (χ1v) is 5.84. The number of carbonyl (C=O) groups is 2. The van der Waals surface area contributed by atoms with E-state index in [1.165, 1.54) is 4.90 Å². The zero-order valence-electron chi connectivity index (χ0n) is 10.8. The highest BCUT2D eigenvalue weighted by molar-refractivity contribution is 5.82. The van der Waals surface area contributed by atoms with Crippen LogP contribution in [0.1, 0.15) is 33.6 Å². The molecule has 0 aliphatic carbocycles. The fourth-order valence-electron chi connectivity index (χ4n) is 1.44. The fourth-order valence-corrected chi connectivity index (χ4v) is 1.44. The van der Waals surface area contributed by atoms with Gasteiger partial charge in [0.2, 0.25) is 0 Å². The van der Waals surface area contributed by atoms with Crippen LogP contribution in [0.5, 0.6) is 0 Å².